The summed E-state index contributed by atoms with van der Waals surface area (Å²) < 4.78 is 0. The highest BCUT2D eigenvalue weighted by atomic mass is 16.4. The molecule has 15 heavy (non-hydrogen) atoms. The van der Waals surface area contributed by atoms with E-state index in [1.54, 1.807) is 6.92 Å². The summed E-state index contributed by atoms with van der Waals surface area (Å²) in [7, 11) is 0. The molecule has 0 bridgehead atoms. The molecule has 0 aliphatic rings. The quantitative estimate of drug-likeness (QED) is 0.341. The molecule has 0 aliphatic heterocycles. The van der Waals surface area contributed by atoms with Crippen LogP contribution < -0.4 is 5.32 Å². The number of aliphatic hydroxyl groups is 4. The van der Waals surface area contributed by atoms with Crippen molar-refractivity contribution in [3.8, 4) is 0 Å². The van der Waals surface area contributed by atoms with Crippen LogP contribution in [0.25, 0.3) is 0 Å². The van der Waals surface area contributed by atoms with E-state index in [1.165, 1.54) is 0 Å². The third kappa shape index (κ3) is 5.68. The summed E-state index contributed by atoms with van der Waals surface area (Å²) in [5, 5.41) is 38.8. The van der Waals surface area contributed by atoms with Crippen molar-refractivity contribution in [2.75, 3.05) is 13.2 Å². The van der Waals surface area contributed by atoms with Crippen LogP contribution in [-0.2, 0) is 4.79 Å². The number of amides is 1. The summed E-state index contributed by atoms with van der Waals surface area (Å²) in [6, 6.07) is 0. The van der Waals surface area contributed by atoms with E-state index in [-0.39, 0.29) is 25.5 Å². The van der Waals surface area contributed by atoms with Gasteiger partial charge in [-0.3, -0.25) is 4.79 Å². The molecule has 90 valence electrons. The molecular weight excluding hydrogens is 202 g/mol. The lowest BCUT2D eigenvalue weighted by Gasteiger charge is -2.22. The monoisotopic (exact) mass is 221 g/mol. The molecule has 0 saturated carbocycles. The minimum Gasteiger partial charge on any atom is -0.396 e. The van der Waals surface area contributed by atoms with E-state index < -0.39 is 18.3 Å². The molecule has 0 aromatic carbocycles. The second-order valence-electron chi connectivity index (χ2n) is 3.30. The summed E-state index contributed by atoms with van der Waals surface area (Å²) in [5.41, 5.74) is 0. The van der Waals surface area contributed by atoms with Gasteiger partial charge >= 0.3 is 0 Å². The average molecular weight is 221 g/mol. The van der Waals surface area contributed by atoms with Crippen molar-refractivity contribution in [3.05, 3.63) is 0 Å². The van der Waals surface area contributed by atoms with Gasteiger partial charge in [-0.2, -0.15) is 0 Å². The van der Waals surface area contributed by atoms with Crippen molar-refractivity contribution in [3.63, 3.8) is 0 Å². The van der Waals surface area contributed by atoms with Crippen LogP contribution in [0.5, 0.6) is 0 Å². The van der Waals surface area contributed by atoms with Crippen LogP contribution in [-0.4, -0.2) is 57.8 Å². The van der Waals surface area contributed by atoms with E-state index in [0.29, 0.717) is 6.42 Å². The Morgan fingerprint density at radius 2 is 1.87 bits per heavy atom. The van der Waals surface area contributed by atoms with Crippen LogP contribution in [0.3, 0.4) is 0 Å². The molecule has 0 aromatic heterocycles. The minimum absolute atomic E-state index is 0.0139. The fourth-order valence-electron chi connectivity index (χ4n) is 1.02. The number of rotatable bonds is 7. The molecule has 3 atom stereocenters. The molecular formula is C9H19NO5. The fourth-order valence-corrected chi connectivity index (χ4v) is 1.02. The van der Waals surface area contributed by atoms with E-state index >= 15 is 0 Å². The number of aliphatic hydroxyl groups excluding tert-OH is 4. The Hall–Kier alpha value is -0.690. The van der Waals surface area contributed by atoms with Crippen molar-refractivity contribution < 1.29 is 25.2 Å². The second-order valence-corrected chi connectivity index (χ2v) is 3.30. The van der Waals surface area contributed by atoms with Crippen molar-refractivity contribution in [2.24, 2.45) is 0 Å². The van der Waals surface area contributed by atoms with Crippen LogP contribution in [0.2, 0.25) is 0 Å². The average Bonchev–Trinajstić information content (AvgIpc) is 2.24. The van der Waals surface area contributed by atoms with E-state index in [2.05, 4.69) is 5.32 Å². The second kappa shape index (κ2) is 7.58. The van der Waals surface area contributed by atoms with Gasteiger partial charge in [0.1, 0.15) is 6.10 Å². The molecule has 0 fully saturated rings. The summed E-state index contributed by atoms with van der Waals surface area (Å²) in [6.07, 6.45) is -3.51. The van der Waals surface area contributed by atoms with Crippen LogP contribution >= 0.6 is 0 Å². The fraction of sp³-hybridized carbons (Fsp3) is 0.889. The van der Waals surface area contributed by atoms with E-state index in [4.69, 9.17) is 5.11 Å². The molecule has 0 spiro atoms. The van der Waals surface area contributed by atoms with Gasteiger partial charge < -0.3 is 25.7 Å². The molecule has 0 aromatic rings. The molecule has 0 heterocycles. The molecule has 0 radical (unpaired) electrons. The lowest BCUT2D eigenvalue weighted by atomic mass is 10.1. The number of nitrogens with one attached hydrogen (secondary N) is 1. The largest absolute Gasteiger partial charge is 0.396 e. The zero-order chi connectivity index (χ0) is 11.8. The van der Waals surface area contributed by atoms with Crippen LogP contribution in [0.4, 0.5) is 0 Å². The minimum atomic E-state index is -1.37. The zero-order valence-electron chi connectivity index (χ0n) is 8.76. The van der Waals surface area contributed by atoms with Crippen molar-refractivity contribution in [1.29, 1.82) is 0 Å². The maximum Gasteiger partial charge on any atom is 0.219 e. The van der Waals surface area contributed by atoms with E-state index in [9.17, 15) is 20.1 Å². The Bertz CT molecular complexity index is 187. The number of carbonyl (C=O) groups excluding carboxylic acids is 1. The topological polar surface area (TPSA) is 110 Å². The third-order valence-corrected chi connectivity index (χ3v) is 2.04. The lowest BCUT2D eigenvalue weighted by Crippen LogP contribution is -2.44. The molecule has 0 rings (SSSR count). The first-order valence-electron chi connectivity index (χ1n) is 4.94. The number of hydrogen-bond acceptors (Lipinski definition) is 5. The molecule has 6 heteroatoms. The number of carbonyl (C=O) groups is 1. The van der Waals surface area contributed by atoms with Gasteiger partial charge in [0, 0.05) is 19.6 Å². The van der Waals surface area contributed by atoms with Gasteiger partial charge in [-0.25, -0.2) is 0 Å². The zero-order valence-corrected chi connectivity index (χ0v) is 8.76. The molecule has 1 amide bonds. The first-order valence-corrected chi connectivity index (χ1v) is 4.94. The number of hydrogen-bond donors (Lipinski definition) is 5. The summed E-state index contributed by atoms with van der Waals surface area (Å²) in [5.74, 6) is -0.238. The lowest BCUT2D eigenvalue weighted by molar-refractivity contribution is -0.122. The Labute approximate surface area is 88.5 Å². The van der Waals surface area contributed by atoms with Gasteiger partial charge in [-0.1, -0.05) is 6.92 Å². The first kappa shape index (κ1) is 14.3. The predicted molar refractivity (Wildman–Crippen MR) is 53.0 cm³/mol. The Morgan fingerprint density at radius 1 is 1.27 bits per heavy atom. The summed E-state index contributed by atoms with van der Waals surface area (Å²) in [6.45, 7) is 1.28. The highest BCUT2D eigenvalue weighted by Gasteiger charge is 2.24. The highest BCUT2D eigenvalue weighted by Crippen LogP contribution is 2.03. The van der Waals surface area contributed by atoms with Crippen molar-refractivity contribution in [1.82, 2.24) is 5.32 Å². The standard InChI is InChI=1S/C9H19NO5/c1-2-8(14)10-5-7(13)9(15)6(12)3-4-11/h6-7,9,11-13,15H,2-5H2,1H3,(H,10,14)/t6-,7+,9+/m0/s1. The van der Waals surface area contributed by atoms with Gasteiger partial charge in [0.25, 0.3) is 0 Å². The molecule has 0 unspecified atom stereocenters. The summed E-state index contributed by atoms with van der Waals surface area (Å²) >= 11 is 0. The van der Waals surface area contributed by atoms with Crippen LogP contribution in [0.1, 0.15) is 19.8 Å². The van der Waals surface area contributed by atoms with Gasteiger partial charge in [-0.05, 0) is 6.42 Å². The Balaban J connectivity index is 3.87. The normalized spacial score (nSPS) is 16.9. The van der Waals surface area contributed by atoms with Gasteiger partial charge in [0.2, 0.25) is 5.91 Å². The van der Waals surface area contributed by atoms with E-state index in [0.717, 1.165) is 0 Å². The van der Waals surface area contributed by atoms with Gasteiger partial charge in [0.15, 0.2) is 0 Å². The molecule has 6 nitrogen and oxygen atoms in total. The Kier molecular flexibility index (Phi) is 7.23. The molecule has 0 aliphatic carbocycles. The maximum absolute atomic E-state index is 10.8. The highest BCUT2D eigenvalue weighted by molar-refractivity contribution is 5.75. The van der Waals surface area contributed by atoms with Crippen molar-refractivity contribution >= 4 is 5.91 Å². The Morgan fingerprint density at radius 3 is 2.33 bits per heavy atom. The third-order valence-electron chi connectivity index (χ3n) is 2.04. The summed E-state index contributed by atoms with van der Waals surface area (Å²) in [4.78, 5) is 10.8. The molecule has 5 N–H and O–H groups in total. The van der Waals surface area contributed by atoms with Crippen LogP contribution in [0.15, 0.2) is 0 Å². The van der Waals surface area contributed by atoms with Crippen LogP contribution in [0, 0.1) is 0 Å². The first-order chi connectivity index (χ1) is 7.02. The predicted octanol–water partition coefficient (Wildman–Crippen LogP) is -2.02. The molecule has 0 saturated heterocycles. The van der Waals surface area contributed by atoms with Gasteiger partial charge in [-0.15, -0.1) is 0 Å². The smallest absolute Gasteiger partial charge is 0.219 e. The van der Waals surface area contributed by atoms with E-state index in [1.807, 2.05) is 0 Å². The SMILES string of the molecule is CCC(=O)NC[C@@H](O)[C@H](O)[C@@H](O)CCO. The maximum atomic E-state index is 10.8. The van der Waals surface area contributed by atoms with Gasteiger partial charge in [0.05, 0.1) is 12.2 Å². The van der Waals surface area contributed by atoms with Crippen molar-refractivity contribution in [2.45, 2.75) is 38.1 Å².